The summed E-state index contributed by atoms with van der Waals surface area (Å²) in [6.07, 6.45) is 0.559. The molecule has 0 aromatic heterocycles. The van der Waals surface area contributed by atoms with Gasteiger partial charge in [-0.15, -0.1) is 11.8 Å². The van der Waals surface area contributed by atoms with Crippen molar-refractivity contribution in [2.75, 3.05) is 5.75 Å². The molecule has 0 spiro atoms. The van der Waals surface area contributed by atoms with Crippen molar-refractivity contribution in [1.29, 1.82) is 0 Å². The predicted octanol–water partition coefficient (Wildman–Crippen LogP) is 4.42. The van der Waals surface area contributed by atoms with Gasteiger partial charge in [0.05, 0.1) is 0 Å². The SMILES string of the molecule is NC(Cc1c(Cl)cccc1Cl)C1CSc2ccccc2O1. The van der Waals surface area contributed by atoms with Crippen LogP contribution in [0.1, 0.15) is 5.56 Å². The van der Waals surface area contributed by atoms with E-state index in [9.17, 15) is 0 Å². The summed E-state index contributed by atoms with van der Waals surface area (Å²) in [6.45, 7) is 0. The molecule has 0 saturated heterocycles. The molecule has 0 bridgehead atoms. The van der Waals surface area contributed by atoms with Gasteiger partial charge in [-0.3, -0.25) is 0 Å². The second-order valence-electron chi connectivity index (χ2n) is 4.98. The summed E-state index contributed by atoms with van der Waals surface area (Å²) in [4.78, 5) is 1.16. The fourth-order valence-corrected chi connectivity index (χ4v) is 3.99. The van der Waals surface area contributed by atoms with E-state index in [1.54, 1.807) is 11.8 Å². The average Bonchev–Trinajstić information content (AvgIpc) is 2.50. The summed E-state index contributed by atoms with van der Waals surface area (Å²) in [5.74, 6) is 1.74. The van der Waals surface area contributed by atoms with Crippen LogP contribution in [0.3, 0.4) is 0 Å². The van der Waals surface area contributed by atoms with Crippen LogP contribution < -0.4 is 10.5 Å². The van der Waals surface area contributed by atoms with Crippen molar-refractivity contribution in [3.63, 3.8) is 0 Å². The van der Waals surface area contributed by atoms with E-state index in [1.807, 2.05) is 36.4 Å². The van der Waals surface area contributed by atoms with Crippen molar-refractivity contribution in [2.24, 2.45) is 5.73 Å². The van der Waals surface area contributed by atoms with Crippen molar-refractivity contribution in [1.82, 2.24) is 0 Å². The number of thioether (sulfide) groups is 1. The number of halogens is 2. The van der Waals surface area contributed by atoms with Gasteiger partial charge in [0.1, 0.15) is 11.9 Å². The highest BCUT2D eigenvalue weighted by molar-refractivity contribution is 7.99. The van der Waals surface area contributed by atoms with Gasteiger partial charge in [-0.2, -0.15) is 0 Å². The normalized spacial score (nSPS) is 18.7. The minimum atomic E-state index is -0.150. The van der Waals surface area contributed by atoms with Crippen molar-refractivity contribution >= 4 is 35.0 Å². The minimum absolute atomic E-state index is 0.0442. The maximum absolute atomic E-state index is 6.32. The first kappa shape index (κ1) is 15.0. The second kappa shape index (κ2) is 6.49. The number of hydrogen-bond acceptors (Lipinski definition) is 3. The molecule has 0 fully saturated rings. The van der Waals surface area contributed by atoms with E-state index < -0.39 is 0 Å². The van der Waals surface area contributed by atoms with Crippen LogP contribution in [0.15, 0.2) is 47.4 Å². The Morgan fingerprint density at radius 2 is 1.86 bits per heavy atom. The molecule has 5 heteroatoms. The minimum Gasteiger partial charge on any atom is -0.487 e. The molecule has 2 N–H and O–H groups in total. The number of hydrogen-bond donors (Lipinski definition) is 1. The summed E-state index contributed by atoms with van der Waals surface area (Å²) in [7, 11) is 0. The van der Waals surface area contributed by atoms with Crippen LogP contribution in [0.4, 0.5) is 0 Å². The highest BCUT2D eigenvalue weighted by atomic mass is 35.5. The monoisotopic (exact) mass is 339 g/mol. The Bertz CT molecular complexity index is 630. The third kappa shape index (κ3) is 3.32. The number of para-hydroxylation sites is 1. The smallest absolute Gasteiger partial charge is 0.133 e. The molecule has 2 unspecified atom stereocenters. The highest BCUT2D eigenvalue weighted by Gasteiger charge is 2.26. The first-order valence-electron chi connectivity index (χ1n) is 6.72. The molecular formula is C16H15Cl2NOS. The Morgan fingerprint density at radius 1 is 1.14 bits per heavy atom. The van der Waals surface area contributed by atoms with Crippen LogP contribution in [-0.2, 0) is 6.42 Å². The van der Waals surface area contributed by atoms with Gasteiger partial charge in [0, 0.05) is 26.7 Å². The predicted molar refractivity (Wildman–Crippen MR) is 89.7 cm³/mol. The zero-order valence-electron chi connectivity index (χ0n) is 11.3. The molecule has 2 nitrogen and oxygen atoms in total. The van der Waals surface area contributed by atoms with Crippen LogP contribution in [0.2, 0.25) is 10.0 Å². The Balaban J connectivity index is 1.74. The Morgan fingerprint density at radius 3 is 2.62 bits per heavy atom. The van der Waals surface area contributed by atoms with E-state index in [2.05, 4.69) is 6.07 Å². The molecule has 110 valence electrons. The number of fused-ring (bicyclic) bond motifs is 1. The van der Waals surface area contributed by atoms with Crippen LogP contribution in [0, 0.1) is 0 Å². The van der Waals surface area contributed by atoms with Gasteiger partial charge < -0.3 is 10.5 Å². The van der Waals surface area contributed by atoms with Crippen LogP contribution in [0.25, 0.3) is 0 Å². The van der Waals surface area contributed by atoms with E-state index in [1.165, 1.54) is 0 Å². The molecule has 2 atom stereocenters. The summed E-state index contributed by atoms with van der Waals surface area (Å²) in [5.41, 5.74) is 7.21. The molecule has 0 saturated carbocycles. The van der Waals surface area contributed by atoms with E-state index in [0.717, 1.165) is 22.0 Å². The zero-order chi connectivity index (χ0) is 14.8. The van der Waals surface area contributed by atoms with E-state index in [0.29, 0.717) is 16.5 Å². The van der Waals surface area contributed by atoms with Gasteiger partial charge in [-0.05, 0) is 36.2 Å². The summed E-state index contributed by atoms with van der Waals surface area (Å²) >= 11 is 14.2. The van der Waals surface area contributed by atoms with Crippen molar-refractivity contribution < 1.29 is 4.74 Å². The number of rotatable bonds is 3. The molecule has 1 heterocycles. The molecule has 1 aliphatic rings. The van der Waals surface area contributed by atoms with Crippen molar-refractivity contribution in [3.8, 4) is 5.75 Å². The average molecular weight is 340 g/mol. The standard InChI is InChI=1S/C16H15Cl2NOS/c17-11-4-3-5-12(18)10(11)8-13(19)15-9-21-16-7-2-1-6-14(16)20-15/h1-7,13,15H,8-9,19H2. The maximum Gasteiger partial charge on any atom is 0.133 e. The van der Waals surface area contributed by atoms with Gasteiger partial charge >= 0.3 is 0 Å². The van der Waals surface area contributed by atoms with Gasteiger partial charge in [0.2, 0.25) is 0 Å². The maximum atomic E-state index is 6.32. The summed E-state index contributed by atoms with van der Waals surface area (Å²) < 4.78 is 6.01. The van der Waals surface area contributed by atoms with E-state index in [-0.39, 0.29) is 12.1 Å². The van der Waals surface area contributed by atoms with Crippen LogP contribution >= 0.6 is 35.0 Å². The summed E-state index contributed by atoms with van der Waals surface area (Å²) in [5, 5.41) is 1.31. The third-order valence-corrected chi connectivity index (χ3v) is 5.36. The first-order valence-corrected chi connectivity index (χ1v) is 8.46. The molecule has 0 amide bonds. The van der Waals surface area contributed by atoms with Crippen LogP contribution in [0.5, 0.6) is 5.75 Å². The number of benzene rings is 2. The molecule has 2 aromatic rings. The lowest BCUT2D eigenvalue weighted by Gasteiger charge is -2.30. The molecule has 21 heavy (non-hydrogen) atoms. The lowest BCUT2D eigenvalue weighted by atomic mass is 10.0. The fraction of sp³-hybridized carbons (Fsp3) is 0.250. The number of nitrogens with two attached hydrogens (primary N) is 1. The third-order valence-electron chi connectivity index (χ3n) is 3.51. The van der Waals surface area contributed by atoms with Crippen molar-refractivity contribution in [2.45, 2.75) is 23.5 Å². The van der Waals surface area contributed by atoms with E-state index >= 15 is 0 Å². The Labute approximate surface area is 138 Å². The highest BCUT2D eigenvalue weighted by Crippen LogP contribution is 2.36. The Kier molecular flexibility index (Phi) is 4.65. The lowest BCUT2D eigenvalue weighted by Crippen LogP contribution is -2.43. The Hall–Kier alpha value is -0.870. The molecule has 0 radical (unpaired) electrons. The van der Waals surface area contributed by atoms with Gasteiger partial charge in [-0.25, -0.2) is 0 Å². The fourth-order valence-electron chi connectivity index (χ4n) is 2.34. The lowest BCUT2D eigenvalue weighted by molar-refractivity contribution is 0.184. The largest absolute Gasteiger partial charge is 0.487 e. The van der Waals surface area contributed by atoms with Gasteiger partial charge in [-0.1, -0.05) is 41.4 Å². The molecule has 2 aromatic carbocycles. The molecular weight excluding hydrogens is 325 g/mol. The molecule has 3 rings (SSSR count). The summed E-state index contributed by atoms with van der Waals surface area (Å²) in [6, 6.07) is 13.4. The quantitative estimate of drug-likeness (QED) is 0.899. The van der Waals surface area contributed by atoms with Crippen molar-refractivity contribution in [3.05, 3.63) is 58.1 Å². The zero-order valence-corrected chi connectivity index (χ0v) is 13.6. The number of ether oxygens (including phenoxy) is 1. The van der Waals surface area contributed by atoms with E-state index in [4.69, 9.17) is 33.7 Å². The second-order valence-corrected chi connectivity index (χ2v) is 6.86. The van der Waals surface area contributed by atoms with Gasteiger partial charge in [0.15, 0.2) is 0 Å². The first-order chi connectivity index (χ1) is 10.1. The molecule has 0 aliphatic carbocycles. The topological polar surface area (TPSA) is 35.2 Å². The molecule has 1 aliphatic heterocycles. The van der Waals surface area contributed by atoms with Gasteiger partial charge in [0.25, 0.3) is 0 Å². The van der Waals surface area contributed by atoms with Crippen LogP contribution in [-0.4, -0.2) is 17.9 Å².